The molecule has 0 aliphatic heterocycles. The van der Waals surface area contributed by atoms with Crippen LogP contribution in [0.25, 0.3) is 0 Å². The van der Waals surface area contributed by atoms with Gasteiger partial charge in [-0.15, -0.1) is 0 Å². The third-order valence-corrected chi connectivity index (χ3v) is 1.24. The van der Waals surface area contributed by atoms with Gasteiger partial charge in [0.05, 0.1) is 0 Å². The molecule has 1 nitrogen and oxygen atoms in total. The van der Waals surface area contributed by atoms with E-state index in [1.165, 1.54) is 5.70 Å². The molecule has 0 aromatic rings. The second-order valence-electron chi connectivity index (χ2n) is 2.23. The Bertz CT molecular complexity index is 121. The second-order valence-corrected chi connectivity index (χ2v) is 2.23. The quantitative estimate of drug-likeness (QED) is 0.510. The van der Waals surface area contributed by atoms with E-state index >= 15 is 0 Å². The molecule has 0 unspecified atom stereocenters. The normalized spacial score (nSPS) is 12.7. The Kier molecular flexibility index (Phi) is 3.85. The Hall–Kier alpha value is -0.720. The fourth-order valence-electron chi connectivity index (χ4n) is 0.385. The number of nitrogens with zero attached hydrogens (tertiary/aromatic N) is 1. The van der Waals surface area contributed by atoms with E-state index in [2.05, 4.69) is 17.9 Å². The van der Waals surface area contributed by atoms with Crippen molar-refractivity contribution in [3.05, 3.63) is 23.9 Å². The van der Waals surface area contributed by atoms with Crippen LogP contribution in [0, 0.1) is 0 Å². The molecule has 0 heterocycles. The summed E-state index contributed by atoms with van der Waals surface area (Å²) < 4.78 is 0. The molecule has 0 rings (SSSR count). The minimum atomic E-state index is 1.27. The zero-order chi connectivity index (χ0) is 7.28. The lowest BCUT2D eigenvalue weighted by atomic mass is 10.4. The standard InChI is InChI=1S/C8H15N/c1-5-6-7-8(2)9(3)4/h5-7H,1-4H3. The largest absolute Gasteiger partial charge is 0.381 e. The molecule has 0 amide bonds. The monoisotopic (exact) mass is 125 g/mol. The van der Waals surface area contributed by atoms with Gasteiger partial charge in [0, 0.05) is 19.8 Å². The molecule has 0 bridgehead atoms. The zero-order valence-corrected chi connectivity index (χ0v) is 6.68. The minimum absolute atomic E-state index is 1.27. The van der Waals surface area contributed by atoms with Crippen molar-refractivity contribution in [3.63, 3.8) is 0 Å². The summed E-state index contributed by atoms with van der Waals surface area (Å²) in [6, 6.07) is 0. The maximum absolute atomic E-state index is 2.08. The van der Waals surface area contributed by atoms with Gasteiger partial charge in [-0.2, -0.15) is 0 Å². The first-order chi connectivity index (χ1) is 4.18. The molecule has 0 aromatic carbocycles. The third kappa shape index (κ3) is 3.83. The summed E-state index contributed by atoms with van der Waals surface area (Å²) in [5, 5.41) is 0. The van der Waals surface area contributed by atoms with Crippen LogP contribution in [0.4, 0.5) is 0 Å². The minimum Gasteiger partial charge on any atom is -0.381 e. The molecule has 0 aromatic heterocycles. The summed E-state index contributed by atoms with van der Waals surface area (Å²) in [7, 11) is 4.07. The van der Waals surface area contributed by atoms with E-state index in [0.29, 0.717) is 0 Å². The summed E-state index contributed by atoms with van der Waals surface area (Å²) >= 11 is 0. The molecule has 0 aliphatic carbocycles. The van der Waals surface area contributed by atoms with Crippen LogP contribution in [0.3, 0.4) is 0 Å². The summed E-state index contributed by atoms with van der Waals surface area (Å²) in [6.45, 7) is 4.10. The fourth-order valence-corrected chi connectivity index (χ4v) is 0.385. The predicted molar refractivity (Wildman–Crippen MR) is 42.3 cm³/mol. The van der Waals surface area contributed by atoms with E-state index in [9.17, 15) is 0 Å². The first-order valence-corrected chi connectivity index (χ1v) is 3.15. The Balaban J connectivity index is 3.84. The molecule has 0 N–H and O–H groups in total. The van der Waals surface area contributed by atoms with Gasteiger partial charge in [0.25, 0.3) is 0 Å². The van der Waals surface area contributed by atoms with Crippen molar-refractivity contribution in [1.82, 2.24) is 4.90 Å². The van der Waals surface area contributed by atoms with E-state index in [1.54, 1.807) is 0 Å². The van der Waals surface area contributed by atoms with Crippen LogP contribution in [0.5, 0.6) is 0 Å². The van der Waals surface area contributed by atoms with E-state index in [4.69, 9.17) is 0 Å². The van der Waals surface area contributed by atoms with Gasteiger partial charge in [-0.05, 0) is 19.9 Å². The maximum atomic E-state index is 2.08. The Labute approximate surface area is 57.7 Å². The van der Waals surface area contributed by atoms with Crippen molar-refractivity contribution in [1.29, 1.82) is 0 Å². The molecule has 52 valence electrons. The summed E-state index contributed by atoms with van der Waals surface area (Å²) in [5.41, 5.74) is 1.27. The van der Waals surface area contributed by atoms with Gasteiger partial charge in [0.2, 0.25) is 0 Å². The molecule has 1 heteroatoms. The van der Waals surface area contributed by atoms with Crippen molar-refractivity contribution in [2.24, 2.45) is 0 Å². The van der Waals surface area contributed by atoms with Gasteiger partial charge >= 0.3 is 0 Å². The highest BCUT2D eigenvalue weighted by Crippen LogP contribution is 1.94. The van der Waals surface area contributed by atoms with Crippen LogP contribution in [0.2, 0.25) is 0 Å². The van der Waals surface area contributed by atoms with E-state index in [1.807, 2.05) is 33.2 Å². The summed E-state index contributed by atoms with van der Waals surface area (Å²) in [6.07, 6.45) is 6.14. The topological polar surface area (TPSA) is 3.24 Å². The van der Waals surface area contributed by atoms with Crippen LogP contribution in [-0.2, 0) is 0 Å². The first-order valence-electron chi connectivity index (χ1n) is 3.15. The molecule has 0 atom stereocenters. The molecule has 0 radical (unpaired) electrons. The summed E-state index contributed by atoms with van der Waals surface area (Å²) in [4.78, 5) is 2.08. The highest BCUT2D eigenvalue weighted by atomic mass is 15.1. The summed E-state index contributed by atoms with van der Waals surface area (Å²) in [5.74, 6) is 0. The van der Waals surface area contributed by atoms with Crippen LogP contribution < -0.4 is 0 Å². The van der Waals surface area contributed by atoms with Gasteiger partial charge in [-0.25, -0.2) is 0 Å². The van der Waals surface area contributed by atoms with E-state index in [0.717, 1.165) is 0 Å². The highest BCUT2D eigenvalue weighted by molar-refractivity contribution is 5.07. The average molecular weight is 125 g/mol. The second kappa shape index (κ2) is 4.19. The van der Waals surface area contributed by atoms with Gasteiger partial charge in [-0.1, -0.05) is 12.2 Å². The van der Waals surface area contributed by atoms with Crippen molar-refractivity contribution in [2.45, 2.75) is 13.8 Å². The molecule has 0 spiro atoms. The number of rotatable bonds is 2. The lowest BCUT2D eigenvalue weighted by Gasteiger charge is -2.10. The first kappa shape index (κ1) is 8.28. The Morgan fingerprint density at radius 1 is 1.33 bits per heavy atom. The predicted octanol–water partition coefficient (Wildman–Crippen LogP) is 2.03. The van der Waals surface area contributed by atoms with Gasteiger partial charge in [0.1, 0.15) is 0 Å². The highest BCUT2D eigenvalue weighted by Gasteiger charge is 1.84. The van der Waals surface area contributed by atoms with Crippen LogP contribution in [0.1, 0.15) is 13.8 Å². The molecule has 0 saturated heterocycles. The van der Waals surface area contributed by atoms with Crippen molar-refractivity contribution >= 4 is 0 Å². The van der Waals surface area contributed by atoms with Crippen molar-refractivity contribution in [3.8, 4) is 0 Å². The molecular formula is C8H15N. The zero-order valence-electron chi connectivity index (χ0n) is 6.68. The van der Waals surface area contributed by atoms with Crippen LogP contribution in [-0.4, -0.2) is 19.0 Å². The average Bonchev–Trinajstić information content (AvgIpc) is 1.82. The molecule has 9 heavy (non-hydrogen) atoms. The number of hydrogen-bond acceptors (Lipinski definition) is 1. The molecular weight excluding hydrogens is 110 g/mol. The maximum Gasteiger partial charge on any atom is 0.00957 e. The van der Waals surface area contributed by atoms with E-state index < -0.39 is 0 Å². The van der Waals surface area contributed by atoms with Crippen molar-refractivity contribution in [2.75, 3.05) is 14.1 Å². The number of allylic oxidation sites excluding steroid dienone is 4. The van der Waals surface area contributed by atoms with Crippen LogP contribution in [0.15, 0.2) is 23.9 Å². The number of hydrogen-bond donors (Lipinski definition) is 0. The van der Waals surface area contributed by atoms with Gasteiger partial charge in [0.15, 0.2) is 0 Å². The van der Waals surface area contributed by atoms with Crippen molar-refractivity contribution < 1.29 is 0 Å². The molecule has 0 fully saturated rings. The molecule has 0 saturated carbocycles. The van der Waals surface area contributed by atoms with Gasteiger partial charge < -0.3 is 4.90 Å². The lowest BCUT2D eigenvalue weighted by molar-refractivity contribution is 0.514. The fraction of sp³-hybridized carbons (Fsp3) is 0.500. The SMILES string of the molecule is CC=CC=C(C)N(C)C. The molecule has 0 aliphatic rings. The smallest absolute Gasteiger partial charge is 0.00957 e. The van der Waals surface area contributed by atoms with Crippen LogP contribution >= 0.6 is 0 Å². The van der Waals surface area contributed by atoms with Gasteiger partial charge in [-0.3, -0.25) is 0 Å². The third-order valence-electron chi connectivity index (χ3n) is 1.24. The van der Waals surface area contributed by atoms with E-state index in [-0.39, 0.29) is 0 Å². The Morgan fingerprint density at radius 2 is 1.89 bits per heavy atom. The lowest BCUT2D eigenvalue weighted by Crippen LogP contribution is -2.07. The Morgan fingerprint density at radius 3 is 2.22 bits per heavy atom.